The van der Waals surface area contributed by atoms with Crippen LogP contribution in [0.15, 0.2) is 35.9 Å². The Kier molecular flexibility index (Phi) is 15.9. The lowest BCUT2D eigenvalue weighted by Crippen LogP contribution is -2.78. The van der Waals surface area contributed by atoms with Gasteiger partial charge in [0.1, 0.15) is 59.5 Å². The first-order chi connectivity index (χ1) is 33.5. The first-order valence-corrected chi connectivity index (χ1v) is 25.4. The number of hydrogen-bond donors (Lipinski definition) is 6. The number of nitrogens with one attached hydrogen (secondary N) is 1. The van der Waals surface area contributed by atoms with Gasteiger partial charge in [-0.15, -0.1) is 0 Å². The van der Waals surface area contributed by atoms with Crippen molar-refractivity contribution < 1.29 is 87.2 Å². The number of aliphatic hydroxyl groups excluding tert-OH is 2. The minimum absolute atomic E-state index is 0.0212. The van der Waals surface area contributed by atoms with Crippen LogP contribution in [0.5, 0.6) is 0 Å². The number of para-hydroxylation sites is 1. The van der Waals surface area contributed by atoms with Gasteiger partial charge < -0.3 is 83.0 Å². The lowest BCUT2D eigenvalue weighted by molar-refractivity contribution is -0.352. The lowest BCUT2D eigenvalue weighted by atomic mass is 9.42. The molecule has 0 aromatic heterocycles. The van der Waals surface area contributed by atoms with Crippen LogP contribution in [0.25, 0.3) is 0 Å². The van der Waals surface area contributed by atoms with Crippen molar-refractivity contribution in [2.24, 2.45) is 16.7 Å². The van der Waals surface area contributed by atoms with Crippen LogP contribution in [-0.4, -0.2) is 181 Å². The summed E-state index contributed by atoms with van der Waals surface area (Å²) in [5, 5.41) is 63.4. The molecule has 3 aliphatic heterocycles. The second kappa shape index (κ2) is 20.7. The zero-order chi connectivity index (χ0) is 51.6. The van der Waals surface area contributed by atoms with Gasteiger partial charge in [-0.05, 0) is 90.2 Å². The highest BCUT2D eigenvalue weighted by Gasteiger charge is 2.81. The fourth-order valence-electron chi connectivity index (χ4n) is 14.0. The first kappa shape index (κ1) is 54.4. The Morgan fingerprint density at radius 1 is 0.789 bits per heavy atom. The summed E-state index contributed by atoms with van der Waals surface area (Å²) < 4.78 is 67.5. The molecule has 0 amide bonds. The van der Waals surface area contributed by atoms with E-state index >= 15 is 0 Å². The summed E-state index contributed by atoms with van der Waals surface area (Å²) in [7, 11) is 6.30. The van der Waals surface area contributed by atoms with E-state index in [1.54, 1.807) is 66.3 Å². The highest BCUT2D eigenvalue weighted by Crippen LogP contribution is 2.71. The van der Waals surface area contributed by atoms with Gasteiger partial charge in [-0.3, -0.25) is 4.79 Å². The maximum absolute atomic E-state index is 13.6. The fourth-order valence-corrected chi connectivity index (χ4v) is 14.0. The van der Waals surface area contributed by atoms with Crippen molar-refractivity contribution in [2.75, 3.05) is 33.7 Å². The summed E-state index contributed by atoms with van der Waals surface area (Å²) in [4.78, 5) is 26.5. The number of methoxy groups -OCH3 is 3. The maximum atomic E-state index is 13.6. The van der Waals surface area contributed by atoms with Crippen molar-refractivity contribution in [3.05, 3.63) is 41.5 Å². The average Bonchev–Trinajstić information content (AvgIpc) is 3.57. The number of carbonyl (C=O) groups is 2. The number of fused-ring (bicyclic) bond motifs is 5. The molecule has 3 saturated heterocycles. The van der Waals surface area contributed by atoms with Crippen molar-refractivity contribution in [2.45, 2.75) is 221 Å². The van der Waals surface area contributed by atoms with E-state index in [0.717, 1.165) is 5.57 Å². The van der Waals surface area contributed by atoms with Gasteiger partial charge in [0.15, 0.2) is 18.9 Å². The van der Waals surface area contributed by atoms with Crippen LogP contribution in [0.4, 0.5) is 5.69 Å². The second-order valence-electron chi connectivity index (χ2n) is 21.6. The van der Waals surface area contributed by atoms with Crippen LogP contribution in [0.1, 0.15) is 117 Å². The van der Waals surface area contributed by atoms with Crippen LogP contribution >= 0.6 is 0 Å². The molecule has 71 heavy (non-hydrogen) atoms. The summed E-state index contributed by atoms with van der Waals surface area (Å²) >= 11 is 0. The molecule has 4 aliphatic carbocycles. The number of aliphatic hydroxyl groups is 5. The number of anilines is 1. The largest absolute Gasteiger partial charge is 0.462 e. The summed E-state index contributed by atoms with van der Waals surface area (Å²) in [6, 6.07) is 6.87. The van der Waals surface area contributed by atoms with Crippen molar-refractivity contribution >= 4 is 17.6 Å². The Bertz CT molecular complexity index is 2100. The molecule has 19 nitrogen and oxygen atoms in total. The number of carbonyl (C=O) groups excluding carboxylic acids is 2. The molecular weight excluding hydrogens is 927 g/mol. The smallest absolute Gasteiger partial charge is 0.340 e. The van der Waals surface area contributed by atoms with Crippen molar-refractivity contribution in [1.29, 1.82) is 0 Å². The number of benzene rings is 1. The van der Waals surface area contributed by atoms with Gasteiger partial charge in [0.25, 0.3) is 0 Å². The minimum Gasteiger partial charge on any atom is -0.462 e. The molecule has 3 saturated carbocycles. The van der Waals surface area contributed by atoms with Crippen LogP contribution in [0, 0.1) is 16.7 Å². The molecule has 6 N–H and O–H groups in total. The second-order valence-corrected chi connectivity index (χ2v) is 21.6. The van der Waals surface area contributed by atoms with Crippen LogP contribution in [-0.2, 0) is 56.9 Å². The van der Waals surface area contributed by atoms with Gasteiger partial charge in [-0.1, -0.05) is 37.6 Å². The van der Waals surface area contributed by atoms with Crippen molar-refractivity contribution in [1.82, 2.24) is 0 Å². The van der Waals surface area contributed by atoms with E-state index in [4.69, 9.17) is 52.1 Å². The number of ether oxygens (including phenoxy) is 11. The molecule has 7 aliphatic rings. The molecular formula is C52H79NO18. The van der Waals surface area contributed by atoms with E-state index in [-0.39, 0.29) is 37.4 Å². The lowest BCUT2D eigenvalue weighted by Gasteiger charge is -2.67. The van der Waals surface area contributed by atoms with Gasteiger partial charge in [-0.2, -0.15) is 0 Å². The number of rotatable bonds is 14. The van der Waals surface area contributed by atoms with Crippen LogP contribution < -0.4 is 5.32 Å². The normalized spacial score (nSPS) is 47.0. The van der Waals surface area contributed by atoms with Gasteiger partial charge in [-0.25, -0.2) is 4.79 Å². The first-order valence-electron chi connectivity index (χ1n) is 25.4. The third kappa shape index (κ3) is 9.18. The standard InChI is InChI=1S/C52H79NO18/c1-26-41(55)45(63-11)42(56)47(66-26)71-44-28(3)65-40(24-36(44)62-10)70-43-27(2)64-39(23-35(43)61-9)69-32-17-18-48(6)31(22-32)16-19-51(59)37(48)25-38(68-30(5)54)49(7)50(58,20-21-52(49,51)60)29(4)67-46(57)33-14-12-13-15-34(33)53-8/h12-16,26-29,32,35-45,47,53,55-56,58-60H,17-25H2,1-11H3/t26-,27-,28-,29+,32+,35+,36+,37-,38-,39+,40+,41-,42-,43-,44-,45+,47+,48+,49-,50-,51+,52-/m1/s1. The van der Waals surface area contributed by atoms with Gasteiger partial charge in [0.05, 0.1) is 47.6 Å². The maximum Gasteiger partial charge on any atom is 0.340 e. The fraction of sp³-hybridized carbons (Fsp3) is 0.808. The van der Waals surface area contributed by atoms with E-state index < -0.39 is 138 Å². The molecule has 22 atom stereocenters. The Labute approximate surface area is 417 Å². The predicted molar refractivity (Wildman–Crippen MR) is 253 cm³/mol. The molecule has 19 heteroatoms. The third-order valence-corrected chi connectivity index (χ3v) is 18.1. The Morgan fingerprint density at radius 2 is 1.42 bits per heavy atom. The monoisotopic (exact) mass is 1010 g/mol. The molecule has 0 unspecified atom stereocenters. The zero-order valence-electron chi connectivity index (χ0n) is 43.1. The van der Waals surface area contributed by atoms with Gasteiger partial charge in [0.2, 0.25) is 0 Å². The SMILES string of the molecule is CNc1ccccc1C(=O)O[C@@H](C)[C@]1(O)CC[C@@]2(O)[C@]1(C)[C@H](OC(C)=O)C[C@@H]1[C@@]3(C)CC[C@H](O[C@H]4C[C@H](OC)[C@H](O[C@H]5C[C@H](OC)[C@H](O[C@@H]6O[C@H](C)[C@@H](O)[C@H](OC)[C@H]6O)[C@@H](C)O5)[C@@H](C)O4)CC3=CC[C@]12O. The third-order valence-electron chi connectivity index (χ3n) is 18.1. The van der Waals surface area contributed by atoms with Gasteiger partial charge in [0, 0.05) is 59.7 Å². The summed E-state index contributed by atoms with van der Waals surface area (Å²) in [5.74, 6) is -1.83. The molecule has 0 bridgehead atoms. The van der Waals surface area contributed by atoms with Crippen molar-refractivity contribution in [3.63, 3.8) is 0 Å². The van der Waals surface area contributed by atoms with Crippen LogP contribution in [0.3, 0.4) is 0 Å². The zero-order valence-corrected chi connectivity index (χ0v) is 43.1. The Hall–Kier alpha value is -2.86. The molecule has 400 valence electrons. The van der Waals surface area contributed by atoms with E-state index in [1.165, 1.54) is 14.0 Å². The van der Waals surface area contributed by atoms with Crippen LogP contribution in [0.2, 0.25) is 0 Å². The Balaban J connectivity index is 0.924. The van der Waals surface area contributed by atoms with E-state index in [0.29, 0.717) is 37.8 Å². The van der Waals surface area contributed by atoms with Gasteiger partial charge >= 0.3 is 11.9 Å². The molecule has 0 spiro atoms. The van der Waals surface area contributed by atoms with E-state index in [1.807, 2.05) is 19.9 Å². The molecule has 1 aromatic rings. The quantitative estimate of drug-likeness (QED) is 0.115. The topological polar surface area (TPSA) is 249 Å². The Morgan fingerprint density at radius 3 is 2.04 bits per heavy atom. The molecule has 1 aromatic carbocycles. The predicted octanol–water partition coefficient (Wildman–Crippen LogP) is 3.68. The highest BCUT2D eigenvalue weighted by molar-refractivity contribution is 5.95. The molecule has 6 fully saturated rings. The average molecular weight is 1010 g/mol. The molecule has 0 radical (unpaired) electrons. The van der Waals surface area contributed by atoms with E-state index in [9.17, 15) is 35.1 Å². The molecule has 8 rings (SSSR count). The highest BCUT2D eigenvalue weighted by atomic mass is 16.8. The summed E-state index contributed by atoms with van der Waals surface area (Å²) in [6.45, 7) is 12.1. The minimum atomic E-state index is -1.95. The number of hydrogen-bond acceptors (Lipinski definition) is 19. The molecule has 3 heterocycles. The summed E-state index contributed by atoms with van der Waals surface area (Å²) in [6.07, 6.45) is -7.16. The van der Waals surface area contributed by atoms with E-state index in [2.05, 4.69) is 12.2 Å². The summed E-state index contributed by atoms with van der Waals surface area (Å²) in [5.41, 5.74) is -5.97. The van der Waals surface area contributed by atoms with Crippen molar-refractivity contribution in [3.8, 4) is 0 Å². The number of esters is 2.